The van der Waals surface area contributed by atoms with E-state index in [0.29, 0.717) is 0 Å². The van der Waals surface area contributed by atoms with Crippen LogP contribution in [0.15, 0.2) is 52.3 Å². The second-order valence-electron chi connectivity index (χ2n) is 5.29. The molecule has 0 aliphatic heterocycles. The van der Waals surface area contributed by atoms with Crippen LogP contribution in [0.4, 0.5) is 8.78 Å². The number of rotatable bonds is 8. The Bertz CT molecular complexity index is 884. The van der Waals surface area contributed by atoms with Crippen LogP contribution in [-0.4, -0.2) is 39.2 Å². The molecule has 1 atom stereocenters. The Morgan fingerprint density at radius 3 is 2.33 bits per heavy atom. The van der Waals surface area contributed by atoms with Crippen LogP contribution in [0.2, 0.25) is 0 Å². The molecule has 146 valence electrons. The van der Waals surface area contributed by atoms with Crippen molar-refractivity contribution in [3.05, 3.63) is 54.1 Å². The zero-order valence-corrected chi connectivity index (χ0v) is 15.9. The maximum absolute atomic E-state index is 14.0. The molecular formula is C17H17F2NO5S2. The molecule has 0 saturated carbocycles. The van der Waals surface area contributed by atoms with E-state index in [2.05, 4.69) is 4.74 Å². The summed E-state index contributed by atoms with van der Waals surface area (Å²) >= 11 is 0.885. The molecule has 2 aromatic rings. The number of methoxy groups -OCH3 is 1. The first-order chi connectivity index (χ1) is 12.8. The van der Waals surface area contributed by atoms with E-state index in [1.54, 1.807) is 18.2 Å². The maximum Gasteiger partial charge on any atom is 0.343 e. The smallest absolute Gasteiger partial charge is 0.343 e. The average molecular weight is 417 g/mol. The molecule has 10 heteroatoms. The van der Waals surface area contributed by atoms with Gasteiger partial charge in [-0.1, -0.05) is 18.2 Å². The van der Waals surface area contributed by atoms with Crippen LogP contribution >= 0.6 is 11.8 Å². The number of nitrogens with two attached hydrogens (primary N) is 1. The van der Waals surface area contributed by atoms with Gasteiger partial charge in [-0.25, -0.2) is 22.0 Å². The first kappa shape index (κ1) is 21.1. The Morgan fingerprint density at radius 2 is 1.78 bits per heavy atom. The van der Waals surface area contributed by atoms with Crippen molar-refractivity contribution in [2.75, 3.05) is 19.5 Å². The normalized spacial score (nSPS) is 12.4. The fourth-order valence-corrected chi connectivity index (χ4v) is 4.54. The van der Waals surface area contributed by atoms with E-state index in [-0.39, 0.29) is 15.5 Å². The number of esters is 1. The van der Waals surface area contributed by atoms with Crippen molar-refractivity contribution in [1.82, 2.24) is 0 Å². The first-order valence-electron chi connectivity index (χ1n) is 7.61. The lowest BCUT2D eigenvalue weighted by molar-refractivity contribution is -0.143. The molecule has 0 aromatic heterocycles. The minimum absolute atomic E-state index is 0.0713. The van der Waals surface area contributed by atoms with Crippen LogP contribution in [0.3, 0.4) is 0 Å². The summed E-state index contributed by atoms with van der Waals surface area (Å²) in [5, 5.41) is -1.26. The van der Waals surface area contributed by atoms with Gasteiger partial charge >= 0.3 is 5.97 Å². The summed E-state index contributed by atoms with van der Waals surface area (Å²) in [5.74, 6) is -3.67. The van der Waals surface area contributed by atoms with Gasteiger partial charge in [0.15, 0.2) is 33.8 Å². The van der Waals surface area contributed by atoms with E-state index in [0.717, 1.165) is 31.0 Å². The van der Waals surface area contributed by atoms with Crippen LogP contribution in [0.1, 0.15) is 0 Å². The molecule has 27 heavy (non-hydrogen) atoms. The third kappa shape index (κ3) is 5.41. The highest BCUT2D eigenvalue weighted by atomic mass is 32.2. The Kier molecular flexibility index (Phi) is 7.17. The fraction of sp³-hybridized carbons (Fsp3) is 0.235. The van der Waals surface area contributed by atoms with Crippen LogP contribution in [-0.2, 0) is 19.4 Å². The van der Waals surface area contributed by atoms with Gasteiger partial charge in [0.05, 0.1) is 12.0 Å². The van der Waals surface area contributed by atoms with Gasteiger partial charge in [-0.3, -0.25) is 0 Å². The van der Waals surface area contributed by atoms with Gasteiger partial charge in [0.1, 0.15) is 5.37 Å². The molecule has 2 N–H and O–H groups in total. The van der Waals surface area contributed by atoms with Crippen molar-refractivity contribution in [3.8, 4) is 5.75 Å². The van der Waals surface area contributed by atoms with Crippen molar-refractivity contribution >= 4 is 27.6 Å². The molecule has 0 fully saturated rings. The summed E-state index contributed by atoms with van der Waals surface area (Å²) in [6, 6.07) is 9.62. The molecule has 0 aliphatic rings. The SMILES string of the molecule is COC(=O)COc1c(F)cc(SCC(N)S(=O)(=O)c2ccccc2)cc1F. The average Bonchev–Trinajstić information content (AvgIpc) is 2.65. The summed E-state index contributed by atoms with van der Waals surface area (Å²) < 4.78 is 61.8. The molecule has 0 amide bonds. The lowest BCUT2D eigenvalue weighted by Crippen LogP contribution is -2.33. The van der Waals surface area contributed by atoms with Gasteiger partial charge in [-0.2, -0.15) is 0 Å². The molecule has 0 radical (unpaired) electrons. The molecule has 2 rings (SSSR count). The van der Waals surface area contributed by atoms with Crippen molar-refractivity contribution in [2.24, 2.45) is 5.73 Å². The number of ether oxygens (including phenoxy) is 2. The quantitative estimate of drug-likeness (QED) is 0.520. The first-order valence-corrected chi connectivity index (χ1v) is 10.1. The Labute approximate surface area is 159 Å². The second-order valence-corrected chi connectivity index (χ2v) is 8.55. The van der Waals surface area contributed by atoms with E-state index < -0.39 is 45.2 Å². The van der Waals surface area contributed by atoms with E-state index in [4.69, 9.17) is 10.5 Å². The second kappa shape index (κ2) is 9.16. The van der Waals surface area contributed by atoms with E-state index in [1.807, 2.05) is 0 Å². The number of carbonyl (C=O) groups excluding carboxylic acids is 1. The number of sulfone groups is 1. The lowest BCUT2D eigenvalue weighted by atomic mass is 10.3. The largest absolute Gasteiger partial charge is 0.476 e. The molecule has 6 nitrogen and oxygen atoms in total. The van der Waals surface area contributed by atoms with Gasteiger partial charge in [0.25, 0.3) is 0 Å². The minimum atomic E-state index is -3.77. The molecule has 0 aliphatic carbocycles. The Hall–Kier alpha value is -2.17. The summed E-state index contributed by atoms with van der Waals surface area (Å²) in [6.45, 7) is -0.642. The van der Waals surface area contributed by atoms with Crippen LogP contribution < -0.4 is 10.5 Å². The Balaban J connectivity index is 2.06. The summed E-state index contributed by atoms with van der Waals surface area (Å²) in [6.07, 6.45) is 0. The van der Waals surface area contributed by atoms with Gasteiger partial charge < -0.3 is 15.2 Å². The number of hydrogen-bond acceptors (Lipinski definition) is 7. The summed E-state index contributed by atoms with van der Waals surface area (Å²) in [4.78, 5) is 11.2. The molecule has 0 bridgehead atoms. The van der Waals surface area contributed by atoms with Crippen molar-refractivity contribution < 1.29 is 31.5 Å². The number of benzene rings is 2. The van der Waals surface area contributed by atoms with Crippen LogP contribution in [0, 0.1) is 11.6 Å². The Morgan fingerprint density at radius 1 is 1.19 bits per heavy atom. The van der Waals surface area contributed by atoms with Crippen molar-refractivity contribution in [1.29, 1.82) is 0 Å². The summed E-state index contributed by atoms with van der Waals surface area (Å²) in [5.41, 5.74) is 5.76. The zero-order chi connectivity index (χ0) is 20.0. The van der Waals surface area contributed by atoms with Crippen molar-refractivity contribution in [2.45, 2.75) is 15.2 Å². The summed E-state index contributed by atoms with van der Waals surface area (Å²) in [7, 11) is -2.65. The third-order valence-electron chi connectivity index (χ3n) is 3.42. The third-order valence-corrected chi connectivity index (χ3v) is 6.62. The number of carbonyl (C=O) groups is 1. The van der Waals surface area contributed by atoms with Gasteiger partial charge in [0.2, 0.25) is 0 Å². The van der Waals surface area contributed by atoms with Gasteiger partial charge in [-0.05, 0) is 24.3 Å². The maximum atomic E-state index is 14.0. The highest BCUT2D eigenvalue weighted by molar-refractivity contribution is 8.01. The van der Waals surface area contributed by atoms with Crippen LogP contribution in [0.25, 0.3) is 0 Å². The number of thioether (sulfide) groups is 1. The predicted octanol–water partition coefficient (Wildman–Crippen LogP) is 2.37. The van der Waals surface area contributed by atoms with E-state index in [9.17, 15) is 22.0 Å². The van der Waals surface area contributed by atoms with Crippen molar-refractivity contribution in [3.63, 3.8) is 0 Å². The monoisotopic (exact) mass is 417 g/mol. The van der Waals surface area contributed by atoms with Gasteiger partial charge in [-0.15, -0.1) is 11.8 Å². The number of hydrogen-bond donors (Lipinski definition) is 1. The fourth-order valence-electron chi connectivity index (χ4n) is 2.00. The highest BCUT2D eigenvalue weighted by Gasteiger charge is 2.24. The molecule has 2 aromatic carbocycles. The van der Waals surface area contributed by atoms with E-state index >= 15 is 0 Å². The minimum Gasteiger partial charge on any atom is -0.476 e. The zero-order valence-electron chi connectivity index (χ0n) is 14.2. The molecule has 1 unspecified atom stereocenters. The van der Waals surface area contributed by atoms with Gasteiger partial charge in [0, 0.05) is 10.6 Å². The topological polar surface area (TPSA) is 95.7 Å². The molecular weight excluding hydrogens is 400 g/mol. The molecule has 0 heterocycles. The molecule has 0 saturated heterocycles. The van der Waals surface area contributed by atoms with E-state index in [1.165, 1.54) is 12.1 Å². The van der Waals surface area contributed by atoms with Crippen LogP contribution in [0.5, 0.6) is 5.75 Å². The lowest BCUT2D eigenvalue weighted by Gasteiger charge is -2.13. The number of halogens is 2. The molecule has 0 spiro atoms. The predicted molar refractivity (Wildman–Crippen MR) is 96.2 cm³/mol. The highest BCUT2D eigenvalue weighted by Crippen LogP contribution is 2.29. The standard InChI is InChI=1S/C17H17F2NO5S2/c1-24-16(21)9-25-17-13(18)7-11(8-14(17)19)26-10-15(20)27(22,23)12-5-3-2-4-6-12/h2-8,15H,9-10,20H2,1H3.